The minimum absolute atomic E-state index is 0.332. The summed E-state index contributed by atoms with van der Waals surface area (Å²) in [4.78, 5) is 20.7. The molecular weight excluding hydrogens is 664 g/mol. The zero-order chi connectivity index (χ0) is 39.8. The molecule has 10 heteroatoms. The Balaban J connectivity index is -0.000000337. The van der Waals surface area contributed by atoms with Gasteiger partial charge in [-0.3, -0.25) is 9.59 Å². The van der Waals surface area contributed by atoms with Crippen LogP contribution in [-0.2, 0) is 9.59 Å². The molecule has 0 spiro atoms. The fourth-order valence-corrected chi connectivity index (χ4v) is 5.11. The first kappa shape index (κ1) is 57.2. The maximum Gasteiger partial charge on any atom is 0.303 e. The highest BCUT2D eigenvalue weighted by atomic mass is 16.4. The van der Waals surface area contributed by atoms with Crippen LogP contribution in [0, 0.1) is 0 Å². The monoisotopic (exact) mass is 751 g/mol. The number of aliphatic hydroxyl groups excluding tert-OH is 6. The van der Waals surface area contributed by atoms with Crippen molar-refractivity contribution in [3.63, 3.8) is 0 Å². The molecule has 0 amide bonds. The molecular formula is C42H86O10. The highest BCUT2D eigenvalue weighted by Crippen LogP contribution is 2.14. The number of rotatable bonds is 35. The predicted molar refractivity (Wildman–Crippen MR) is 215 cm³/mol. The van der Waals surface area contributed by atoms with Crippen molar-refractivity contribution in [3.05, 3.63) is 12.2 Å². The van der Waals surface area contributed by atoms with Crippen LogP contribution in [0.4, 0.5) is 0 Å². The van der Waals surface area contributed by atoms with Crippen molar-refractivity contribution in [2.24, 2.45) is 0 Å². The topological polar surface area (TPSA) is 196 Å². The molecule has 0 aromatic rings. The molecule has 0 bridgehead atoms. The Bertz CT molecular complexity index is 672. The van der Waals surface area contributed by atoms with Crippen molar-refractivity contribution < 1.29 is 50.4 Å². The molecule has 0 aliphatic carbocycles. The van der Waals surface area contributed by atoms with Crippen molar-refractivity contribution in [2.45, 2.75) is 219 Å². The number of aliphatic hydroxyl groups is 6. The standard InChI is InChI=1S/C18H36O2.C18H34O2.2C3H8O3/c2*1-2-3-4-5-6-7-8-9-10-11-12-13-14-15-16-17-18(19)20;2*4-1-3(6)2-5/h2-17H2,1H3,(H,19,20);9-10H,2-8,11-17H2,1H3,(H,19,20);2*3-6H,1-2H2. The first-order valence-electron chi connectivity index (χ1n) is 21.0. The van der Waals surface area contributed by atoms with E-state index in [1.54, 1.807) is 0 Å². The van der Waals surface area contributed by atoms with E-state index in [1.165, 1.54) is 154 Å². The fourth-order valence-electron chi connectivity index (χ4n) is 5.11. The summed E-state index contributed by atoms with van der Waals surface area (Å²) >= 11 is 0. The van der Waals surface area contributed by atoms with Crippen LogP contribution < -0.4 is 0 Å². The minimum Gasteiger partial charge on any atom is -0.481 e. The van der Waals surface area contributed by atoms with Gasteiger partial charge in [-0.25, -0.2) is 0 Å². The summed E-state index contributed by atoms with van der Waals surface area (Å²) in [6.45, 7) is 3.07. The van der Waals surface area contributed by atoms with Gasteiger partial charge in [0.25, 0.3) is 0 Å². The van der Waals surface area contributed by atoms with Crippen LogP contribution in [0.5, 0.6) is 0 Å². The van der Waals surface area contributed by atoms with Gasteiger partial charge < -0.3 is 40.9 Å². The first-order chi connectivity index (χ1) is 25.2. The molecule has 0 fully saturated rings. The predicted octanol–water partition coefficient (Wildman–Crippen LogP) is 9.10. The van der Waals surface area contributed by atoms with E-state index in [-0.39, 0.29) is 26.4 Å². The SMILES string of the molecule is CCCCCCCCC=CCCCCCCCC(=O)O.CCCCCCCCCCCCCCCCCC(=O)O.OCC(O)CO.OCC(O)CO. The summed E-state index contributed by atoms with van der Waals surface area (Å²) in [6, 6.07) is 0. The number of carbonyl (C=O) groups is 2. The van der Waals surface area contributed by atoms with Gasteiger partial charge in [0.15, 0.2) is 0 Å². The van der Waals surface area contributed by atoms with Gasteiger partial charge in [0.05, 0.1) is 26.4 Å². The third-order valence-corrected chi connectivity index (χ3v) is 8.49. The number of carboxylic acids is 2. The second-order valence-corrected chi connectivity index (χ2v) is 13.9. The summed E-state index contributed by atoms with van der Waals surface area (Å²) in [5, 5.41) is 65.1. The van der Waals surface area contributed by atoms with Gasteiger partial charge in [-0.15, -0.1) is 0 Å². The second kappa shape index (κ2) is 53.8. The quantitative estimate of drug-likeness (QED) is 0.0229. The number of aliphatic carboxylic acids is 2. The molecule has 0 saturated heterocycles. The summed E-state index contributed by atoms with van der Waals surface area (Å²) in [5.41, 5.74) is 0. The summed E-state index contributed by atoms with van der Waals surface area (Å²) in [5.74, 6) is -1.32. The van der Waals surface area contributed by atoms with E-state index in [2.05, 4.69) is 26.0 Å². The van der Waals surface area contributed by atoms with Gasteiger partial charge >= 0.3 is 11.9 Å². The van der Waals surface area contributed by atoms with Crippen LogP contribution in [0.25, 0.3) is 0 Å². The van der Waals surface area contributed by atoms with E-state index in [1.807, 2.05) is 0 Å². The highest BCUT2D eigenvalue weighted by Gasteiger charge is 1.98. The number of hydrogen-bond acceptors (Lipinski definition) is 8. The number of unbranched alkanes of at least 4 members (excludes halogenated alkanes) is 25. The van der Waals surface area contributed by atoms with E-state index in [0.29, 0.717) is 12.8 Å². The van der Waals surface area contributed by atoms with Crippen LogP contribution in [-0.4, -0.2) is 91.4 Å². The van der Waals surface area contributed by atoms with E-state index in [9.17, 15) is 9.59 Å². The minimum atomic E-state index is -0.954. The van der Waals surface area contributed by atoms with Crippen LogP contribution >= 0.6 is 0 Å². The van der Waals surface area contributed by atoms with Crippen molar-refractivity contribution in [2.75, 3.05) is 26.4 Å². The van der Waals surface area contributed by atoms with Gasteiger partial charge in [0.1, 0.15) is 12.2 Å². The fraction of sp³-hybridized carbons (Fsp3) is 0.905. The Labute approximate surface area is 319 Å². The molecule has 0 unspecified atom stereocenters. The van der Waals surface area contributed by atoms with Gasteiger partial charge in [-0.2, -0.15) is 0 Å². The Kier molecular flexibility index (Phi) is 59.1. The van der Waals surface area contributed by atoms with Gasteiger partial charge in [-0.1, -0.05) is 167 Å². The average Bonchev–Trinajstić information content (AvgIpc) is 3.14. The summed E-state index contributed by atoms with van der Waals surface area (Å²) in [7, 11) is 0. The van der Waals surface area contributed by atoms with Gasteiger partial charge in [0, 0.05) is 12.8 Å². The van der Waals surface area contributed by atoms with Crippen LogP contribution in [0.2, 0.25) is 0 Å². The van der Waals surface area contributed by atoms with Crippen LogP contribution in [0.3, 0.4) is 0 Å². The molecule has 0 heterocycles. The Morgan fingerprint density at radius 1 is 0.385 bits per heavy atom. The number of hydrogen-bond donors (Lipinski definition) is 8. The van der Waals surface area contributed by atoms with Crippen molar-refractivity contribution in [1.82, 2.24) is 0 Å². The number of allylic oxidation sites excluding steroid dienone is 2. The largest absolute Gasteiger partial charge is 0.481 e. The molecule has 0 rings (SSSR count). The molecule has 0 atom stereocenters. The maximum absolute atomic E-state index is 10.3. The lowest BCUT2D eigenvalue weighted by Gasteiger charge is -2.03. The molecule has 0 radical (unpaired) electrons. The Morgan fingerprint density at radius 2 is 0.596 bits per heavy atom. The normalized spacial score (nSPS) is 10.8. The van der Waals surface area contributed by atoms with E-state index in [0.717, 1.165) is 25.7 Å². The highest BCUT2D eigenvalue weighted by molar-refractivity contribution is 5.66. The summed E-state index contributed by atoms with van der Waals surface area (Å²) in [6.07, 6.45) is 39.5. The maximum atomic E-state index is 10.3. The molecule has 52 heavy (non-hydrogen) atoms. The second-order valence-electron chi connectivity index (χ2n) is 13.9. The lowest BCUT2D eigenvalue weighted by atomic mass is 10.0. The molecule has 8 N–H and O–H groups in total. The molecule has 314 valence electrons. The third-order valence-electron chi connectivity index (χ3n) is 8.49. The smallest absolute Gasteiger partial charge is 0.303 e. The van der Waals surface area contributed by atoms with Gasteiger partial charge in [0.2, 0.25) is 0 Å². The van der Waals surface area contributed by atoms with Crippen LogP contribution in [0.1, 0.15) is 206 Å². The molecule has 0 aromatic heterocycles. The average molecular weight is 751 g/mol. The summed E-state index contributed by atoms with van der Waals surface area (Å²) < 4.78 is 0. The molecule has 0 aliphatic heterocycles. The van der Waals surface area contributed by atoms with Crippen molar-refractivity contribution in [1.29, 1.82) is 0 Å². The molecule has 0 aromatic carbocycles. The zero-order valence-corrected chi connectivity index (χ0v) is 33.7. The van der Waals surface area contributed by atoms with Crippen molar-refractivity contribution in [3.8, 4) is 0 Å². The van der Waals surface area contributed by atoms with E-state index < -0.39 is 24.1 Å². The molecule has 0 saturated carbocycles. The van der Waals surface area contributed by atoms with Crippen molar-refractivity contribution >= 4 is 11.9 Å². The molecule has 0 aliphatic rings. The molecule has 10 nitrogen and oxygen atoms in total. The lowest BCUT2D eigenvalue weighted by molar-refractivity contribution is -0.138. The number of carboxylic acid groups (broad SMARTS) is 2. The third kappa shape index (κ3) is 66.7. The van der Waals surface area contributed by atoms with Gasteiger partial charge in [-0.05, 0) is 38.5 Å². The van der Waals surface area contributed by atoms with Crippen LogP contribution in [0.15, 0.2) is 12.2 Å². The lowest BCUT2D eigenvalue weighted by Crippen LogP contribution is -2.15. The van der Waals surface area contributed by atoms with E-state index >= 15 is 0 Å². The van der Waals surface area contributed by atoms with E-state index in [4.69, 9.17) is 40.9 Å². The first-order valence-corrected chi connectivity index (χ1v) is 21.0. The Morgan fingerprint density at radius 3 is 0.788 bits per heavy atom. The Hall–Kier alpha value is -1.56. The zero-order valence-electron chi connectivity index (χ0n) is 33.7.